The third-order valence-electron chi connectivity index (χ3n) is 3.90. The second-order valence-corrected chi connectivity index (χ2v) is 7.25. The van der Waals surface area contributed by atoms with Gasteiger partial charge in [-0.3, -0.25) is 9.58 Å². The normalized spacial score (nSPS) is 18.9. The van der Waals surface area contributed by atoms with Crippen LogP contribution in [0.3, 0.4) is 0 Å². The minimum Gasteiger partial charge on any atom is -0.377 e. The van der Waals surface area contributed by atoms with E-state index in [0.29, 0.717) is 12.5 Å². The molecular weight excluding hydrogens is 294 g/mol. The number of ether oxygens (including phenoxy) is 1. The highest BCUT2D eigenvalue weighted by Gasteiger charge is 2.22. The van der Waals surface area contributed by atoms with Crippen LogP contribution in [-0.2, 0) is 24.4 Å². The first-order chi connectivity index (χ1) is 10.7. The van der Waals surface area contributed by atoms with Crippen LogP contribution in [0.25, 0.3) is 0 Å². The zero-order valence-corrected chi connectivity index (χ0v) is 13.9. The SMILES string of the molecule is C=CCOC[C@@H]1CN(Cc2ccc(C)s2)Cc2ccnn2C1. The molecule has 118 valence electrons. The Bertz CT molecular complexity index is 619. The Morgan fingerprint density at radius 3 is 3.09 bits per heavy atom. The summed E-state index contributed by atoms with van der Waals surface area (Å²) < 4.78 is 7.82. The summed E-state index contributed by atoms with van der Waals surface area (Å²) in [5.74, 6) is 0.460. The van der Waals surface area contributed by atoms with Crippen molar-refractivity contribution in [3.05, 3.63) is 52.5 Å². The van der Waals surface area contributed by atoms with E-state index >= 15 is 0 Å². The van der Waals surface area contributed by atoms with E-state index in [0.717, 1.165) is 32.8 Å². The van der Waals surface area contributed by atoms with Crippen molar-refractivity contribution in [3.8, 4) is 0 Å². The quantitative estimate of drug-likeness (QED) is 0.606. The van der Waals surface area contributed by atoms with Crippen LogP contribution >= 0.6 is 11.3 Å². The molecule has 5 heteroatoms. The number of fused-ring (bicyclic) bond motifs is 1. The fourth-order valence-electron chi connectivity index (χ4n) is 2.95. The first-order valence-corrected chi connectivity index (χ1v) is 8.53. The predicted molar refractivity (Wildman–Crippen MR) is 89.9 cm³/mol. The van der Waals surface area contributed by atoms with E-state index in [1.807, 2.05) is 23.6 Å². The maximum atomic E-state index is 5.69. The van der Waals surface area contributed by atoms with Gasteiger partial charge in [-0.15, -0.1) is 17.9 Å². The summed E-state index contributed by atoms with van der Waals surface area (Å²) >= 11 is 1.89. The molecule has 0 radical (unpaired) electrons. The molecule has 0 saturated carbocycles. The highest BCUT2D eigenvalue weighted by Crippen LogP contribution is 2.22. The lowest BCUT2D eigenvalue weighted by Crippen LogP contribution is -2.29. The zero-order valence-electron chi connectivity index (χ0n) is 13.1. The Hall–Kier alpha value is -1.43. The lowest BCUT2D eigenvalue weighted by atomic mass is 10.1. The summed E-state index contributed by atoms with van der Waals surface area (Å²) in [6, 6.07) is 6.57. The highest BCUT2D eigenvalue weighted by atomic mass is 32.1. The van der Waals surface area contributed by atoms with E-state index in [2.05, 4.69) is 46.4 Å². The zero-order chi connectivity index (χ0) is 15.4. The van der Waals surface area contributed by atoms with Crippen LogP contribution in [0.1, 0.15) is 15.4 Å². The fourth-order valence-corrected chi connectivity index (χ4v) is 3.89. The lowest BCUT2D eigenvalue weighted by molar-refractivity contribution is 0.0935. The average Bonchev–Trinajstić information content (AvgIpc) is 3.05. The molecule has 0 fully saturated rings. The summed E-state index contributed by atoms with van der Waals surface area (Å²) in [6.45, 7) is 11.2. The van der Waals surface area contributed by atoms with Crippen molar-refractivity contribution >= 4 is 11.3 Å². The summed E-state index contributed by atoms with van der Waals surface area (Å²) in [5, 5.41) is 4.46. The summed E-state index contributed by atoms with van der Waals surface area (Å²) in [4.78, 5) is 5.31. The molecule has 2 aromatic heterocycles. The van der Waals surface area contributed by atoms with Crippen molar-refractivity contribution in [1.29, 1.82) is 0 Å². The molecular formula is C17H23N3OS. The number of nitrogens with zero attached hydrogens (tertiary/aromatic N) is 3. The highest BCUT2D eigenvalue weighted by molar-refractivity contribution is 7.11. The second kappa shape index (κ2) is 7.22. The van der Waals surface area contributed by atoms with Crippen LogP contribution in [0.2, 0.25) is 0 Å². The van der Waals surface area contributed by atoms with Crippen LogP contribution in [-0.4, -0.2) is 34.4 Å². The van der Waals surface area contributed by atoms with Gasteiger partial charge >= 0.3 is 0 Å². The molecule has 0 N–H and O–H groups in total. The molecule has 3 rings (SSSR count). The molecule has 2 aromatic rings. The van der Waals surface area contributed by atoms with E-state index in [4.69, 9.17) is 4.74 Å². The lowest BCUT2D eigenvalue weighted by Gasteiger charge is -2.23. The Morgan fingerprint density at radius 1 is 1.41 bits per heavy atom. The van der Waals surface area contributed by atoms with Gasteiger partial charge in [0.05, 0.1) is 18.9 Å². The fraction of sp³-hybridized carbons (Fsp3) is 0.471. The summed E-state index contributed by atoms with van der Waals surface area (Å²) in [5.41, 5.74) is 1.29. The first kappa shape index (κ1) is 15.5. The molecule has 0 unspecified atom stereocenters. The van der Waals surface area contributed by atoms with Crippen LogP contribution in [0.4, 0.5) is 0 Å². The predicted octanol–water partition coefficient (Wildman–Crippen LogP) is 3.09. The van der Waals surface area contributed by atoms with Gasteiger partial charge in [-0.1, -0.05) is 6.08 Å². The van der Waals surface area contributed by atoms with Gasteiger partial charge in [0.1, 0.15) is 0 Å². The average molecular weight is 317 g/mol. The third kappa shape index (κ3) is 3.85. The molecule has 0 bridgehead atoms. The van der Waals surface area contributed by atoms with Gasteiger partial charge in [-0.25, -0.2) is 0 Å². The van der Waals surface area contributed by atoms with E-state index in [9.17, 15) is 0 Å². The molecule has 0 spiro atoms. The van der Waals surface area contributed by atoms with Crippen molar-refractivity contribution in [3.63, 3.8) is 0 Å². The van der Waals surface area contributed by atoms with Crippen LogP contribution < -0.4 is 0 Å². The van der Waals surface area contributed by atoms with Gasteiger partial charge < -0.3 is 4.74 Å². The molecule has 0 saturated heterocycles. The van der Waals surface area contributed by atoms with Crippen molar-refractivity contribution in [1.82, 2.24) is 14.7 Å². The topological polar surface area (TPSA) is 30.3 Å². The Balaban J connectivity index is 1.70. The van der Waals surface area contributed by atoms with Gasteiger partial charge in [0.15, 0.2) is 0 Å². The second-order valence-electron chi connectivity index (χ2n) is 5.88. The molecule has 1 aliphatic rings. The van der Waals surface area contributed by atoms with Gasteiger partial charge in [0.25, 0.3) is 0 Å². The van der Waals surface area contributed by atoms with E-state index in [1.165, 1.54) is 15.4 Å². The van der Waals surface area contributed by atoms with E-state index in [1.54, 1.807) is 0 Å². The van der Waals surface area contributed by atoms with Crippen molar-refractivity contribution in [2.75, 3.05) is 19.8 Å². The molecule has 1 atom stereocenters. The molecule has 0 aliphatic carbocycles. The van der Waals surface area contributed by atoms with E-state index < -0.39 is 0 Å². The molecule has 0 amide bonds. The number of hydrogen-bond acceptors (Lipinski definition) is 4. The van der Waals surface area contributed by atoms with Crippen molar-refractivity contribution < 1.29 is 4.74 Å². The van der Waals surface area contributed by atoms with E-state index in [-0.39, 0.29) is 0 Å². The van der Waals surface area contributed by atoms with Crippen molar-refractivity contribution in [2.45, 2.75) is 26.6 Å². The van der Waals surface area contributed by atoms with Gasteiger partial charge in [-0.2, -0.15) is 5.10 Å². The van der Waals surface area contributed by atoms with Gasteiger partial charge in [0.2, 0.25) is 0 Å². The largest absolute Gasteiger partial charge is 0.377 e. The standard InChI is InChI=1S/C17H23N3OS/c1-3-8-21-13-15-9-19(12-17-5-4-14(2)22-17)11-16-6-7-18-20(16)10-15/h3-7,15H,1,8-13H2,2H3/t15-/m1/s1. The first-order valence-electron chi connectivity index (χ1n) is 7.71. The van der Waals surface area contributed by atoms with Gasteiger partial charge in [-0.05, 0) is 25.1 Å². The Labute approximate surface area is 136 Å². The Kier molecular flexibility index (Phi) is 5.08. The number of aryl methyl sites for hydroxylation is 1. The number of rotatable bonds is 6. The third-order valence-corrected chi connectivity index (χ3v) is 4.89. The molecule has 1 aliphatic heterocycles. The molecule has 4 nitrogen and oxygen atoms in total. The van der Waals surface area contributed by atoms with Crippen molar-refractivity contribution in [2.24, 2.45) is 5.92 Å². The van der Waals surface area contributed by atoms with Crippen LogP contribution in [0.5, 0.6) is 0 Å². The minimum absolute atomic E-state index is 0.460. The maximum Gasteiger partial charge on any atom is 0.0645 e. The number of aromatic nitrogens is 2. The number of thiophene rings is 1. The summed E-state index contributed by atoms with van der Waals surface area (Å²) in [6.07, 6.45) is 3.71. The maximum absolute atomic E-state index is 5.69. The molecule has 22 heavy (non-hydrogen) atoms. The smallest absolute Gasteiger partial charge is 0.0645 e. The monoisotopic (exact) mass is 317 g/mol. The van der Waals surface area contributed by atoms with Gasteiger partial charge in [0, 0.05) is 48.0 Å². The Morgan fingerprint density at radius 2 is 2.32 bits per heavy atom. The van der Waals surface area contributed by atoms with Crippen LogP contribution in [0, 0.1) is 12.8 Å². The molecule has 0 aromatic carbocycles. The number of hydrogen-bond donors (Lipinski definition) is 0. The minimum atomic E-state index is 0.460. The van der Waals surface area contributed by atoms with Crippen LogP contribution in [0.15, 0.2) is 37.1 Å². The molecule has 3 heterocycles. The summed E-state index contributed by atoms with van der Waals surface area (Å²) in [7, 11) is 0.